The van der Waals surface area contributed by atoms with Crippen molar-refractivity contribution in [1.82, 2.24) is 4.98 Å². The summed E-state index contributed by atoms with van der Waals surface area (Å²) in [4.78, 5) is 15.2. The van der Waals surface area contributed by atoms with Crippen LogP contribution in [0, 0.1) is 0 Å². The van der Waals surface area contributed by atoms with Gasteiger partial charge in [0.05, 0.1) is 11.1 Å². The van der Waals surface area contributed by atoms with E-state index < -0.39 is 5.97 Å². The number of pyridine rings is 1. The summed E-state index contributed by atoms with van der Waals surface area (Å²) in [6, 6.07) is 7.02. The fraction of sp³-hybridized carbons (Fsp3) is 0.0769. The standard InChI is InChI=1S/C13H11NO2/c1-8(2)9-3-4-12-11(7-9)10(13(15)16)5-6-14-12/h3-7H,1H2,2H3,(H,15,16). The molecule has 3 nitrogen and oxygen atoms in total. The molecule has 16 heavy (non-hydrogen) atoms. The van der Waals surface area contributed by atoms with Crippen LogP contribution in [0.1, 0.15) is 22.8 Å². The molecule has 0 spiro atoms. The summed E-state index contributed by atoms with van der Waals surface area (Å²) in [6.07, 6.45) is 1.51. The van der Waals surface area contributed by atoms with Crippen molar-refractivity contribution in [1.29, 1.82) is 0 Å². The van der Waals surface area contributed by atoms with Crippen molar-refractivity contribution in [2.45, 2.75) is 6.92 Å². The van der Waals surface area contributed by atoms with Crippen LogP contribution in [0.2, 0.25) is 0 Å². The summed E-state index contributed by atoms with van der Waals surface area (Å²) < 4.78 is 0. The van der Waals surface area contributed by atoms with Crippen molar-refractivity contribution >= 4 is 22.4 Å². The van der Waals surface area contributed by atoms with Crippen LogP contribution in [0.5, 0.6) is 0 Å². The second-order valence-electron chi connectivity index (χ2n) is 3.68. The molecular formula is C13H11NO2. The molecule has 0 saturated carbocycles. The number of nitrogens with zero attached hydrogens (tertiary/aromatic N) is 1. The topological polar surface area (TPSA) is 50.2 Å². The number of carbonyl (C=O) groups is 1. The van der Waals surface area contributed by atoms with E-state index in [2.05, 4.69) is 11.6 Å². The van der Waals surface area contributed by atoms with Gasteiger partial charge in [-0.2, -0.15) is 0 Å². The molecule has 0 saturated heterocycles. The molecule has 0 aliphatic carbocycles. The first-order valence-corrected chi connectivity index (χ1v) is 4.87. The Balaban J connectivity index is 2.78. The highest BCUT2D eigenvalue weighted by molar-refractivity contribution is 6.03. The average molecular weight is 213 g/mol. The number of allylic oxidation sites excluding steroid dienone is 1. The first-order valence-electron chi connectivity index (χ1n) is 4.87. The number of rotatable bonds is 2. The lowest BCUT2D eigenvalue weighted by Crippen LogP contribution is -1.98. The van der Waals surface area contributed by atoms with E-state index in [4.69, 9.17) is 5.11 Å². The molecule has 0 aliphatic rings. The zero-order valence-corrected chi connectivity index (χ0v) is 8.90. The van der Waals surface area contributed by atoms with Gasteiger partial charge in [-0.3, -0.25) is 4.98 Å². The van der Waals surface area contributed by atoms with E-state index in [-0.39, 0.29) is 5.56 Å². The maximum atomic E-state index is 11.0. The third kappa shape index (κ3) is 1.67. The molecule has 0 radical (unpaired) electrons. The molecule has 1 N–H and O–H groups in total. The van der Waals surface area contributed by atoms with Crippen LogP contribution in [0.4, 0.5) is 0 Å². The Morgan fingerprint density at radius 1 is 1.38 bits per heavy atom. The lowest BCUT2D eigenvalue weighted by molar-refractivity contribution is 0.0699. The molecule has 0 amide bonds. The number of benzene rings is 1. The van der Waals surface area contributed by atoms with Crippen LogP contribution in [-0.4, -0.2) is 16.1 Å². The van der Waals surface area contributed by atoms with Crippen LogP contribution in [0.3, 0.4) is 0 Å². The zero-order valence-electron chi connectivity index (χ0n) is 8.90. The minimum Gasteiger partial charge on any atom is -0.478 e. The summed E-state index contributed by atoms with van der Waals surface area (Å²) in [5, 5.41) is 9.71. The summed E-state index contributed by atoms with van der Waals surface area (Å²) >= 11 is 0. The minimum absolute atomic E-state index is 0.271. The number of aromatic carboxylic acids is 1. The van der Waals surface area contributed by atoms with Crippen molar-refractivity contribution in [2.24, 2.45) is 0 Å². The molecule has 1 heterocycles. The van der Waals surface area contributed by atoms with Gasteiger partial charge in [0.15, 0.2) is 0 Å². The molecule has 0 aliphatic heterocycles. The average Bonchev–Trinajstić information content (AvgIpc) is 2.27. The van der Waals surface area contributed by atoms with Crippen molar-refractivity contribution in [2.75, 3.05) is 0 Å². The van der Waals surface area contributed by atoms with Crippen molar-refractivity contribution < 1.29 is 9.90 Å². The van der Waals surface area contributed by atoms with Crippen LogP contribution in [-0.2, 0) is 0 Å². The third-order valence-electron chi connectivity index (χ3n) is 2.46. The highest BCUT2D eigenvalue weighted by atomic mass is 16.4. The van der Waals surface area contributed by atoms with E-state index in [1.165, 1.54) is 12.3 Å². The van der Waals surface area contributed by atoms with Crippen LogP contribution >= 0.6 is 0 Å². The number of fused-ring (bicyclic) bond motifs is 1. The van der Waals surface area contributed by atoms with Gasteiger partial charge in [-0.05, 0) is 30.7 Å². The van der Waals surface area contributed by atoms with Gasteiger partial charge in [0.25, 0.3) is 0 Å². The van der Waals surface area contributed by atoms with Gasteiger partial charge >= 0.3 is 5.97 Å². The first kappa shape index (κ1) is 10.4. The lowest BCUT2D eigenvalue weighted by Gasteiger charge is -2.04. The van der Waals surface area contributed by atoms with E-state index in [9.17, 15) is 4.79 Å². The van der Waals surface area contributed by atoms with Crippen LogP contribution in [0.15, 0.2) is 37.0 Å². The molecule has 2 aromatic rings. The Bertz CT molecular complexity index is 588. The smallest absolute Gasteiger partial charge is 0.336 e. The van der Waals surface area contributed by atoms with Gasteiger partial charge in [0.2, 0.25) is 0 Å². The Kier molecular flexibility index (Phi) is 2.44. The molecule has 3 heteroatoms. The normalized spacial score (nSPS) is 10.3. The lowest BCUT2D eigenvalue weighted by atomic mass is 10.0. The van der Waals surface area contributed by atoms with Crippen LogP contribution in [0.25, 0.3) is 16.5 Å². The van der Waals surface area contributed by atoms with Gasteiger partial charge in [-0.1, -0.05) is 18.2 Å². The predicted molar refractivity (Wildman–Crippen MR) is 63.4 cm³/mol. The number of hydrogen-bond acceptors (Lipinski definition) is 2. The van der Waals surface area contributed by atoms with Gasteiger partial charge in [0.1, 0.15) is 0 Å². The van der Waals surface area contributed by atoms with Crippen molar-refractivity contribution in [3.05, 3.63) is 48.2 Å². The predicted octanol–water partition coefficient (Wildman–Crippen LogP) is 2.97. The first-order chi connectivity index (χ1) is 7.59. The van der Waals surface area contributed by atoms with E-state index in [0.717, 1.165) is 11.1 Å². The summed E-state index contributed by atoms with van der Waals surface area (Å²) in [5.41, 5.74) is 2.79. The van der Waals surface area contributed by atoms with Crippen molar-refractivity contribution in [3.63, 3.8) is 0 Å². The number of carboxylic acids is 1. The highest BCUT2D eigenvalue weighted by Gasteiger charge is 2.09. The number of carboxylic acid groups (broad SMARTS) is 1. The second kappa shape index (κ2) is 3.77. The minimum atomic E-state index is -0.939. The Morgan fingerprint density at radius 2 is 2.12 bits per heavy atom. The van der Waals surface area contributed by atoms with Gasteiger partial charge in [-0.15, -0.1) is 0 Å². The second-order valence-corrected chi connectivity index (χ2v) is 3.68. The summed E-state index contributed by atoms with van der Waals surface area (Å²) in [6.45, 7) is 5.73. The Hall–Kier alpha value is -2.16. The molecule has 2 rings (SSSR count). The SMILES string of the molecule is C=C(C)c1ccc2nccc(C(=O)O)c2c1. The maximum Gasteiger partial charge on any atom is 0.336 e. The largest absolute Gasteiger partial charge is 0.478 e. The van der Waals surface area contributed by atoms with Crippen LogP contribution < -0.4 is 0 Å². The van der Waals surface area contributed by atoms with Gasteiger partial charge < -0.3 is 5.11 Å². The molecule has 1 aromatic carbocycles. The fourth-order valence-corrected chi connectivity index (χ4v) is 1.60. The Labute approximate surface area is 93.1 Å². The fourth-order valence-electron chi connectivity index (χ4n) is 1.60. The molecule has 1 aromatic heterocycles. The molecule has 0 bridgehead atoms. The summed E-state index contributed by atoms with van der Waals surface area (Å²) in [5.74, 6) is -0.939. The highest BCUT2D eigenvalue weighted by Crippen LogP contribution is 2.21. The molecule has 0 unspecified atom stereocenters. The summed E-state index contributed by atoms with van der Waals surface area (Å²) in [7, 11) is 0. The van der Waals surface area contributed by atoms with E-state index >= 15 is 0 Å². The maximum absolute atomic E-state index is 11.0. The third-order valence-corrected chi connectivity index (χ3v) is 2.46. The monoisotopic (exact) mass is 213 g/mol. The van der Waals surface area contributed by atoms with Crippen molar-refractivity contribution in [3.8, 4) is 0 Å². The molecule has 0 atom stereocenters. The Morgan fingerprint density at radius 3 is 2.75 bits per heavy atom. The zero-order chi connectivity index (χ0) is 11.7. The van der Waals surface area contributed by atoms with E-state index in [1.54, 1.807) is 0 Å². The molecule has 80 valence electrons. The van der Waals surface area contributed by atoms with Gasteiger partial charge in [0, 0.05) is 11.6 Å². The number of hydrogen-bond donors (Lipinski definition) is 1. The quantitative estimate of drug-likeness (QED) is 0.834. The molecular weight excluding hydrogens is 202 g/mol. The van der Waals surface area contributed by atoms with Gasteiger partial charge in [-0.25, -0.2) is 4.79 Å². The molecule has 0 fully saturated rings. The van der Waals surface area contributed by atoms with E-state index in [0.29, 0.717) is 10.9 Å². The van der Waals surface area contributed by atoms with E-state index in [1.807, 2.05) is 25.1 Å². The number of aromatic nitrogens is 1.